The van der Waals surface area contributed by atoms with Crippen LogP contribution in [0.5, 0.6) is 0 Å². The molecule has 2 atom stereocenters. The molecule has 2 N–H and O–H groups in total. The number of hydrogen-bond donors (Lipinski definition) is 2. The highest BCUT2D eigenvalue weighted by Crippen LogP contribution is 2.35. The van der Waals surface area contributed by atoms with Gasteiger partial charge in [-0.05, 0) is 31.2 Å². The van der Waals surface area contributed by atoms with E-state index >= 15 is 0 Å². The standard InChI is InChI=1S/C21H28N2O5/c24-17-10-12-23(19(26)14-22-11-6-2-5-9-18(22)25)15-21(17,20(27)28)13-16-7-3-1-4-8-16/h1,3-4,7-8,17,24H,2,5-6,9-15H2,(H,27,28)/t17-,21+/m0/s1. The van der Waals surface area contributed by atoms with Crippen LogP contribution in [0.1, 0.15) is 37.7 Å². The van der Waals surface area contributed by atoms with Gasteiger partial charge in [0, 0.05) is 26.1 Å². The SMILES string of the molecule is O=C1CCCCCN1CC(=O)N1CC[C@H](O)[C@](Cc2ccccc2)(C(=O)O)C1. The summed E-state index contributed by atoms with van der Waals surface area (Å²) >= 11 is 0. The minimum atomic E-state index is -1.45. The molecule has 2 amide bonds. The summed E-state index contributed by atoms with van der Waals surface area (Å²) in [5.41, 5.74) is -0.640. The van der Waals surface area contributed by atoms with Crippen LogP contribution in [0, 0.1) is 5.41 Å². The molecule has 1 aromatic rings. The fourth-order valence-corrected chi connectivity index (χ4v) is 4.18. The van der Waals surface area contributed by atoms with E-state index in [4.69, 9.17) is 0 Å². The molecule has 1 aromatic carbocycles. The summed E-state index contributed by atoms with van der Waals surface area (Å²) < 4.78 is 0. The third-order valence-corrected chi connectivity index (χ3v) is 5.92. The Morgan fingerprint density at radius 3 is 2.57 bits per heavy atom. The van der Waals surface area contributed by atoms with E-state index in [2.05, 4.69) is 0 Å². The molecular formula is C21H28N2O5. The van der Waals surface area contributed by atoms with Gasteiger partial charge < -0.3 is 20.0 Å². The average molecular weight is 388 g/mol. The molecule has 0 radical (unpaired) electrons. The number of piperidine rings is 1. The minimum Gasteiger partial charge on any atom is -0.481 e. The van der Waals surface area contributed by atoms with Gasteiger partial charge in [-0.15, -0.1) is 0 Å². The van der Waals surface area contributed by atoms with Gasteiger partial charge in [0.25, 0.3) is 0 Å². The molecule has 7 nitrogen and oxygen atoms in total. The molecule has 2 saturated heterocycles. The number of likely N-dealkylation sites (tertiary alicyclic amines) is 2. The summed E-state index contributed by atoms with van der Waals surface area (Å²) in [6.07, 6.45) is 2.48. The number of carbonyl (C=O) groups excluding carboxylic acids is 2. The summed E-state index contributed by atoms with van der Waals surface area (Å²) in [5.74, 6) is -1.37. The van der Waals surface area contributed by atoms with E-state index < -0.39 is 17.5 Å². The lowest BCUT2D eigenvalue weighted by atomic mass is 9.73. The van der Waals surface area contributed by atoms with Crippen molar-refractivity contribution in [3.05, 3.63) is 35.9 Å². The summed E-state index contributed by atoms with van der Waals surface area (Å²) in [4.78, 5) is 40.3. The van der Waals surface area contributed by atoms with Gasteiger partial charge in [0.15, 0.2) is 0 Å². The predicted molar refractivity (Wildman–Crippen MR) is 102 cm³/mol. The van der Waals surface area contributed by atoms with Crippen molar-refractivity contribution in [1.82, 2.24) is 9.80 Å². The van der Waals surface area contributed by atoms with Crippen LogP contribution < -0.4 is 0 Å². The fraction of sp³-hybridized carbons (Fsp3) is 0.571. The van der Waals surface area contributed by atoms with Crippen LogP contribution in [-0.4, -0.2) is 70.1 Å². The molecule has 2 heterocycles. The first kappa shape index (κ1) is 20.3. The highest BCUT2D eigenvalue weighted by Gasteiger charge is 2.50. The normalized spacial score (nSPS) is 26.0. The molecule has 2 fully saturated rings. The molecule has 3 rings (SSSR count). The van der Waals surface area contributed by atoms with Crippen molar-refractivity contribution in [1.29, 1.82) is 0 Å². The highest BCUT2D eigenvalue weighted by molar-refractivity contribution is 5.86. The smallest absolute Gasteiger partial charge is 0.314 e. The molecule has 28 heavy (non-hydrogen) atoms. The van der Waals surface area contributed by atoms with Crippen molar-refractivity contribution in [3.63, 3.8) is 0 Å². The van der Waals surface area contributed by atoms with Crippen molar-refractivity contribution >= 4 is 17.8 Å². The van der Waals surface area contributed by atoms with Crippen molar-refractivity contribution in [2.24, 2.45) is 5.41 Å². The van der Waals surface area contributed by atoms with Crippen LogP contribution >= 0.6 is 0 Å². The zero-order valence-corrected chi connectivity index (χ0v) is 16.0. The van der Waals surface area contributed by atoms with E-state index in [1.807, 2.05) is 30.3 Å². The lowest BCUT2D eigenvalue weighted by Gasteiger charge is -2.43. The Balaban J connectivity index is 1.75. The van der Waals surface area contributed by atoms with Crippen molar-refractivity contribution in [2.75, 3.05) is 26.2 Å². The van der Waals surface area contributed by atoms with E-state index in [0.29, 0.717) is 19.5 Å². The molecule has 7 heteroatoms. The van der Waals surface area contributed by atoms with Crippen LogP contribution in [0.2, 0.25) is 0 Å². The number of nitrogens with zero attached hydrogens (tertiary/aromatic N) is 2. The Hall–Kier alpha value is -2.41. The number of carbonyl (C=O) groups is 3. The molecule has 0 bridgehead atoms. The minimum absolute atomic E-state index is 0.0170. The topological polar surface area (TPSA) is 98.2 Å². The maximum atomic E-state index is 12.9. The van der Waals surface area contributed by atoms with Gasteiger partial charge in [0.05, 0.1) is 12.6 Å². The molecular weight excluding hydrogens is 360 g/mol. The largest absolute Gasteiger partial charge is 0.481 e. The summed E-state index contributed by atoms with van der Waals surface area (Å²) in [6.45, 7) is 0.788. The molecule has 0 spiro atoms. The van der Waals surface area contributed by atoms with Crippen molar-refractivity contribution in [3.8, 4) is 0 Å². The number of amides is 2. The Morgan fingerprint density at radius 2 is 1.86 bits per heavy atom. The summed E-state index contributed by atoms with van der Waals surface area (Å²) in [5, 5.41) is 20.5. The van der Waals surface area contributed by atoms with E-state index in [1.165, 1.54) is 4.90 Å². The number of aliphatic hydroxyl groups excluding tert-OH is 1. The number of aliphatic hydroxyl groups is 1. The zero-order chi connectivity index (χ0) is 20.1. The van der Waals surface area contributed by atoms with E-state index in [9.17, 15) is 24.6 Å². The predicted octanol–water partition coefficient (Wildman–Crippen LogP) is 1.30. The second-order valence-electron chi connectivity index (χ2n) is 7.87. The Morgan fingerprint density at radius 1 is 1.11 bits per heavy atom. The Bertz CT molecular complexity index is 723. The molecule has 152 valence electrons. The van der Waals surface area contributed by atoms with Gasteiger partial charge in [-0.1, -0.05) is 36.8 Å². The van der Waals surface area contributed by atoms with Gasteiger partial charge in [0.1, 0.15) is 5.41 Å². The molecule has 0 saturated carbocycles. The first-order valence-electron chi connectivity index (χ1n) is 9.93. The number of carboxylic acid groups (broad SMARTS) is 1. The van der Waals surface area contributed by atoms with Gasteiger partial charge in [-0.3, -0.25) is 14.4 Å². The molecule has 0 unspecified atom stereocenters. The second-order valence-corrected chi connectivity index (χ2v) is 7.87. The van der Waals surface area contributed by atoms with Gasteiger partial charge in [0.2, 0.25) is 11.8 Å². The number of carboxylic acids is 1. The van der Waals surface area contributed by atoms with E-state index in [0.717, 1.165) is 24.8 Å². The van der Waals surface area contributed by atoms with E-state index in [1.54, 1.807) is 4.90 Å². The van der Waals surface area contributed by atoms with Crippen LogP contribution in [0.15, 0.2) is 30.3 Å². The lowest BCUT2D eigenvalue weighted by molar-refractivity contribution is -0.166. The van der Waals surface area contributed by atoms with Gasteiger partial charge in [-0.2, -0.15) is 0 Å². The van der Waals surface area contributed by atoms with Crippen LogP contribution in [0.4, 0.5) is 0 Å². The third-order valence-electron chi connectivity index (χ3n) is 5.92. The second kappa shape index (κ2) is 8.73. The quantitative estimate of drug-likeness (QED) is 0.792. The molecule has 0 aromatic heterocycles. The van der Waals surface area contributed by atoms with Crippen molar-refractivity contribution in [2.45, 2.75) is 44.6 Å². The van der Waals surface area contributed by atoms with Crippen LogP contribution in [0.3, 0.4) is 0 Å². The van der Waals surface area contributed by atoms with Gasteiger partial charge >= 0.3 is 5.97 Å². The molecule has 0 aliphatic carbocycles. The number of benzene rings is 1. The van der Waals surface area contributed by atoms with Crippen LogP contribution in [0.25, 0.3) is 0 Å². The summed E-state index contributed by atoms with van der Waals surface area (Å²) in [7, 11) is 0. The Kier molecular flexibility index (Phi) is 6.34. The highest BCUT2D eigenvalue weighted by atomic mass is 16.4. The number of rotatable bonds is 5. The van der Waals surface area contributed by atoms with Gasteiger partial charge in [-0.25, -0.2) is 0 Å². The Labute approximate surface area is 164 Å². The molecule has 2 aliphatic heterocycles. The third kappa shape index (κ3) is 4.35. The maximum absolute atomic E-state index is 12.9. The number of hydrogen-bond acceptors (Lipinski definition) is 4. The zero-order valence-electron chi connectivity index (χ0n) is 16.0. The summed E-state index contributed by atoms with van der Waals surface area (Å²) in [6, 6.07) is 9.16. The first-order chi connectivity index (χ1) is 13.4. The molecule has 2 aliphatic rings. The van der Waals surface area contributed by atoms with E-state index in [-0.39, 0.29) is 37.7 Å². The van der Waals surface area contributed by atoms with Crippen LogP contribution in [-0.2, 0) is 20.8 Å². The average Bonchev–Trinajstić information content (AvgIpc) is 2.88. The van der Waals surface area contributed by atoms with Crippen molar-refractivity contribution < 1.29 is 24.6 Å². The monoisotopic (exact) mass is 388 g/mol. The maximum Gasteiger partial charge on any atom is 0.314 e. The fourth-order valence-electron chi connectivity index (χ4n) is 4.18. The lowest BCUT2D eigenvalue weighted by Crippen LogP contribution is -2.59. The first-order valence-corrected chi connectivity index (χ1v) is 9.93. The number of aliphatic carboxylic acids is 1.